The number of rotatable bonds is 6. The van der Waals surface area contributed by atoms with Crippen molar-refractivity contribution in [1.82, 2.24) is 10.2 Å². The summed E-state index contributed by atoms with van der Waals surface area (Å²) in [5.41, 5.74) is 2.47. The number of carbonyl (C=O) groups is 2. The first-order valence-electron chi connectivity index (χ1n) is 10.4. The molecule has 2 aromatic carbocycles. The van der Waals surface area contributed by atoms with Gasteiger partial charge in [0.15, 0.2) is 5.17 Å². The number of hydrogen-bond acceptors (Lipinski definition) is 6. The van der Waals surface area contributed by atoms with Gasteiger partial charge in [-0.15, -0.1) is 0 Å². The van der Waals surface area contributed by atoms with E-state index in [1.807, 2.05) is 48.5 Å². The normalized spacial score (nSPS) is 16.7. The minimum absolute atomic E-state index is 0.0413. The second-order valence-corrected chi connectivity index (χ2v) is 8.86. The van der Waals surface area contributed by atoms with Crippen LogP contribution in [0.1, 0.15) is 23.3 Å². The van der Waals surface area contributed by atoms with Gasteiger partial charge >= 0.3 is 0 Å². The van der Waals surface area contributed by atoms with Gasteiger partial charge in [0.25, 0.3) is 5.91 Å². The third-order valence-electron chi connectivity index (χ3n) is 5.34. The highest BCUT2D eigenvalue weighted by atomic mass is 35.5. The minimum atomic E-state index is -0.762. The zero-order valence-electron chi connectivity index (χ0n) is 17.4. The topological polar surface area (TPSA) is 87.3 Å². The summed E-state index contributed by atoms with van der Waals surface area (Å²) in [7, 11) is 0. The molecule has 3 aromatic rings. The number of benzene rings is 2. The van der Waals surface area contributed by atoms with Crippen LogP contribution in [-0.2, 0) is 21.9 Å². The van der Waals surface area contributed by atoms with Gasteiger partial charge in [0.1, 0.15) is 17.6 Å². The van der Waals surface area contributed by atoms with Crippen LogP contribution in [0.2, 0.25) is 5.02 Å². The van der Waals surface area contributed by atoms with Crippen molar-refractivity contribution in [3.8, 4) is 0 Å². The highest BCUT2D eigenvalue weighted by molar-refractivity contribution is 8.13. The molecular formula is C24H19ClN4O3S. The SMILES string of the molecule is O=C(CC1C(=O)N=C2c3ccccc3N=C(SCc3ccccc3Cl)N21)NCc1ccco1. The molecule has 1 unspecified atom stereocenters. The average Bonchev–Trinajstić information content (AvgIpc) is 3.45. The van der Waals surface area contributed by atoms with Crippen molar-refractivity contribution in [3.05, 3.63) is 88.8 Å². The van der Waals surface area contributed by atoms with Gasteiger partial charge in [0, 0.05) is 16.3 Å². The Morgan fingerprint density at radius 1 is 1.09 bits per heavy atom. The number of fused-ring (bicyclic) bond motifs is 3. The van der Waals surface area contributed by atoms with Crippen molar-refractivity contribution in [2.24, 2.45) is 9.98 Å². The summed E-state index contributed by atoms with van der Waals surface area (Å²) in [6.07, 6.45) is 1.51. The molecule has 0 radical (unpaired) electrons. The van der Waals surface area contributed by atoms with Crippen molar-refractivity contribution in [1.29, 1.82) is 0 Å². The number of amides is 2. The lowest BCUT2D eigenvalue weighted by atomic mass is 10.1. The zero-order chi connectivity index (χ0) is 22.8. The molecule has 5 rings (SSSR count). The van der Waals surface area contributed by atoms with Gasteiger partial charge in [-0.25, -0.2) is 4.99 Å². The molecule has 1 N–H and O–H groups in total. The zero-order valence-corrected chi connectivity index (χ0v) is 19.0. The molecule has 0 aliphatic carbocycles. The second-order valence-electron chi connectivity index (χ2n) is 7.51. The Balaban J connectivity index is 1.39. The van der Waals surface area contributed by atoms with Gasteiger partial charge in [0.2, 0.25) is 5.91 Å². The maximum absolute atomic E-state index is 12.9. The summed E-state index contributed by atoms with van der Waals surface area (Å²) in [5, 5.41) is 4.08. The van der Waals surface area contributed by atoms with E-state index in [9.17, 15) is 9.59 Å². The first-order valence-corrected chi connectivity index (χ1v) is 11.7. The van der Waals surface area contributed by atoms with Gasteiger partial charge in [-0.05, 0) is 35.9 Å². The maximum atomic E-state index is 12.9. The fourth-order valence-corrected chi connectivity index (χ4v) is 5.04. The molecule has 3 heterocycles. The fraction of sp³-hybridized carbons (Fsp3) is 0.167. The lowest BCUT2D eigenvalue weighted by Crippen LogP contribution is -2.45. The van der Waals surface area contributed by atoms with Crippen LogP contribution in [0.25, 0.3) is 0 Å². The number of nitrogens with one attached hydrogen (secondary N) is 1. The molecule has 0 spiro atoms. The van der Waals surface area contributed by atoms with E-state index < -0.39 is 6.04 Å². The molecular weight excluding hydrogens is 460 g/mol. The third kappa shape index (κ3) is 4.44. The van der Waals surface area contributed by atoms with Crippen LogP contribution in [0.5, 0.6) is 0 Å². The van der Waals surface area contributed by atoms with Crippen LogP contribution in [0.15, 0.2) is 81.3 Å². The largest absolute Gasteiger partial charge is 0.467 e. The first kappa shape index (κ1) is 21.5. The molecule has 33 heavy (non-hydrogen) atoms. The minimum Gasteiger partial charge on any atom is -0.467 e. The molecule has 7 nitrogen and oxygen atoms in total. The molecule has 9 heteroatoms. The van der Waals surface area contributed by atoms with E-state index in [4.69, 9.17) is 21.0 Å². The summed E-state index contributed by atoms with van der Waals surface area (Å²) in [5.74, 6) is 1.10. The summed E-state index contributed by atoms with van der Waals surface area (Å²) in [6, 6.07) is 17.9. The lowest BCUT2D eigenvalue weighted by molar-refractivity contribution is -0.126. The Morgan fingerprint density at radius 3 is 2.73 bits per heavy atom. The van der Waals surface area contributed by atoms with Crippen LogP contribution in [0.3, 0.4) is 0 Å². The average molecular weight is 479 g/mol. The molecule has 1 atom stereocenters. The Bertz CT molecular complexity index is 1270. The van der Waals surface area contributed by atoms with Crippen molar-refractivity contribution in [3.63, 3.8) is 0 Å². The van der Waals surface area contributed by atoms with Gasteiger partial charge in [0.05, 0.1) is 24.9 Å². The van der Waals surface area contributed by atoms with Crippen molar-refractivity contribution < 1.29 is 14.0 Å². The second kappa shape index (κ2) is 9.25. The molecule has 0 saturated carbocycles. The number of hydrogen-bond donors (Lipinski definition) is 1. The number of carbonyl (C=O) groups excluding carboxylic acids is 2. The number of furan rings is 1. The number of para-hydroxylation sites is 1. The van der Waals surface area contributed by atoms with Gasteiger partial charge in [-0.2, -0.15) is 4.99 Å². The van der Waals surface area contributed by atoms with E-state index >= 15 is 0 Å². The lowest BCUT2D eigenvalue weighted by Gasteiger charge is -2.30. The highest BCUT2D eigenvalue weighted by Crippen LogP contribution is 2.36. The number of halogens is 1. The third-order valence-corrected chi connectivity index (χ3v) is 6.71. The summed E-state index contributed by atoms with van der Waals surface area (Å²) in [4.78, 5) is 36.4. The molecule has 0 fully saturated rings. The Kier molecular flexibility index (Phi) is 6.02. The van der Waals surface area contributed by atoms with Crippen molar-refractivity contribution in [2.75, 3.05) is 0 Å². The van der Waals surface area contributed by atoms with Gasteiger partial charge in [-0.3, -0.25) is 14.5 Å². The van der Waals surface area contributed by atoms with E-state index in [1.165, 1.54) is 11.8 Å². The van der Waals surface area contributed by atoms with Crippen LogP contribution in [0, 0.1) is 0 Å². The van der Waals surface area contributed by atoms with Crippen LogP contribution in [-0.4, -0.2) is 33.8 Å². The predicted molar refractivity (Wildman–Crippen MR) is 129 cm³/mol. The van der Waals surface area contributed by atoms with Gasteiger partial charge in [-0.1, -0.05) is 53.7 Å². The van der Waals surface area contributed by atoms with E-state index in [0.717, 1.165) is 16.8 Å². The number of amidine groups is 2. The molecule has 0 saturated heterocycles. The van der Waals surface area contributed by atoms with E-state index in [2.05, 4.69) is 10.3 Å². The predicted octanol–water partition coefficient (Wildman–Crippen LogP) is 4.53. The Morgan fingerprint density at radius 2 is 1.91 bits per heavy atom. The fourth-order valence-electron chi connectivity index (χ4n) is 3.71. The van der Waals surface area contributed by atoms with Crippen molar-refractivity contribution in [2.45, 2.75) is 24.8 Å². The smallest absolute Gasteiger partial charge is 0.271 e. The Labute approximate surface area is 199 Å². The Hall–Kier alpha value is -3.36. The summed E-state index contributed by atoms with van der Waals surface area (Å²) < 4.78 is 5.25. The standard InChI is InChI=1S/C24H19ClN4O3S/c25-18-9-3-1-6-15(18)14-33-24-27-19-10-4-2-8-17(19)22-28-23(31)20(29(22)24)12-21(30)26-13-16-7-5-11-32-16/h1-11,20H,12-14H2,(H,26,30). The highest BCUT2D eigenvalue weighted by Gasteiger charge is 2.42. The number of thioether (sulfide) groups is 1. The van der Waals surface area contributed by atoms with Crippen LogP contribution in [0.4, 0.5) is 5.69 Å². The van der Waals surface area contributed by atoms with Crippen molar-refractivity contribution >= 4 is 51.9 Å². The number of aliphatic imine (C=N–C) groups is 2. The molecule has 166 valence electrons. The molecule has 2 aliphatic heterocycles. The van der Waals surface area contributed by atoms with Crippen LogP contribution < -0.4 is 5.32 Å². The summed E-state index contributed by atoms with van der Waals surface area (Å²) >= 11 is 7.79. The van der Waals surface area contributed by atoms with E-state index in [-0.39, 0.29) is 24.8 Å². The quantitative estimate of drug-likeness (QED) is 0.562. The maximum Gasteiger partial charge on any atom is 0.271 e. The van der Waals surface area contributed by atoms with E-state index in [1.54, 1.807) is 23.3 Å². The molecule has 0 bridgehead atoms. The monoisotopic (exact) mass is 478 g/mol. The van der Waals surface area contributed by atoms with E-state index in [0.29, 0.717) is 27.5 Å². The number of nitrogens with zero attached hydrogens (tertiary/aromatic N) is 3. The first-order chi connectivity index (χ1) is 16.1. The molecule has 1 aromatic heterocycles. The molecule has 2 amide bonds. The van der Waals surface area contributed by atoms with Crippen LogP contribution >= 0.6 is 23.4 Å². The molecule has 2 aliphatic rings. The van der Waals surface area contributed by atoms with Gasteiger partial charge < -0.3 is 9.73 Å². The summed E-state index contributed by atoms with van der Waals surface area (Å²) in [6.45, 7) is 0.255.